The van der Waals surface area contributed by atoms with Crippen LogP contribution in [0, 0.1) is 0 Å². The second-order valence-corrected chi connectivity index (χ2v) is 4.42. The van der Waals surface area contributed by atoms with Gasteiger partial charge in [-0.05, 0) is 33.9 Å². The Balaban J connectivity index is 2.70. The lowest BCUT2D eigenvalue weighted by atomic mass is 10.1. The number of nitrogens with two attached hydrogens (primary N) is 1. The highest BCUT2D eigenvalue weighted by molar-refractivity contribution is 5.24. The molecule has 0 aliphatic carbocycles. The third-order valence-electron chi connectivity index (χ3n) is 2.25. The van der Waals surface area contributed by atoms with Crippen LogP contribution in [0.5, 0.6) is 0 Å². The fourth-order valence-corrected chi connectivity index (χ4v) is 0.940. The maximum absolute atomic E-state index is 5.57. The first kappa shape index (κ1) is 10.9. The molecule has 1 rings (SSSR count). The fourth-order valence-electron chi connectivity index (χ4n) is 0.940. The summed E-state index contributed by atoms with van der Waals surface area (Å²) in [6.07, 6.45) is 1.69. The molecule has 0 fully saturated rings. The van der Waals surface area contributed by atoms with E-state index in [0.29, 0.717) is 12.4 Å². The Kier molecular flexibility index (Phi) is 3.06. The van der Waals surface area contributed by atoms with Gasteiger partial charge < -0.3 is 5.73 Å². The molecule has 4 nitrogen and oxygen atoms in total. The van der Waals surface area contributed by atoms with Crippen LogP contribution >= 0.6 is 0 Å². The minimum Gasteiger partial charge on any atom is -0.384 e. The number of aromatic nitrogens is 2. The molecule has 0 aromatic carbocycles. The van der Waals surface area contributed by atoms with Gasteiger partial charge >= 0.3 is 0 Å². The molecule has 0 unspecified atom stereocenters. The van der Waals surface area contributed by atoms with Crippen LogP contribution in [0.15, 0.2) is 12.3 Å². The van der Waals surface area contributed by atoms with E-state index in [4.69, 9.17) is 5.73 Å². The molecule has 0 atom stereocenters. The molecule has 0 aliphatic heterocycles. The van der Waals surface area contributed by atoms with Crippen LogP contribution < -0.4 is 5.73 Å². The van der Waals surface area contributed by atoms with E-state index in [0.717, 1.165) is 5.82 Å². The minimum atomic E-state index is 0.119. The second kappa shape index (κ2) is 3.92. The van der Waals surface area contributed by atoms with E-state index in [2.05, 4.69) is 35.6 Å². The highest BCUT2D eigenvalue weighted by Gasteiger charge is 2.17. The molecule has 0 saturated heterocycles. The van der Waals surface area contributed by atoms with Gasteiger partial charge in [0.05, 0.1) is 6.54 Å². The van der Waals surface area contributed by atoms with E-state index in [-0.39, 0.29) is 5.54 Å². The van der Waals surface area contributed by atoms with Gasteiger partial charge in [-0.2, -0.15) is 0 Å². The van der Waals surface area contributed by atoms with Gasteiger partial charge in [0.15, 0.2) is 0 Å². The Labute approximate surface area is 85.2 Å². The molecule has 0 spiro atoms. The average molecular weight is 194 g/mol. The quantitative estimate of drug-likeness (QED) is 0.770. The molecule has 1 aromatic heterocycles. The summed E-state index contributed by atoms with van der Waals surface area (Å²) in [6.45, 7) is 7.17. The highest BCUT2D eigenvalue weighted by atomic mass is 15.2. The first-order chi connectivity index (χ1) is 6.39. The third kappa shape index (κ3) is 2.96. The molecule has 14 heavy (non-hydrogen) atoms. The van der Waals surface area contributed by atoms with Crippen molar-refractivity contribution in [1.29, 1.82) is 0 Å². The fraction of sp³-hybridized carbons (Fsp3) is 0.600. The summed E-state index contributed by atoms with van der Waals surface area (Å²) in [6, 6.07) is 1.70. The van der Waals surface area contributed by atoms with Crippen molar-refractivity contribution >= 4 is 5.82 Å². The SMILES string of the molecule is CN(Cc1nccc(N)n1)C(C)(C)C. The minimum absolute atomic E-state index is 0.119. The van der Waals surface area contributed by atoms with Crippen molar-refractivity contribution in [2.75, 3.05) is 12.8 Å². The summed E-state index contributed by atoms with van der Waals surface area (Å²) in [5.74, 6) is 1.29. The average Bonchev–Trinajstić information content (AvgIpc) is 2.02. The van der Waals surface area contributed by atoms with Gasteiger partial charge in [0.1, 0.15) is 11.6 Å². The lowest BCUT2D eigenvalue weighted by Gasteiger charge is -2.31. The molecular formula is C10H18N4. The van der Waals surface area contributed by atoms with Crippen LogP contribution in [0.1, 0.15) is 26.6 Å². The van der Waals surface area contributed by atoms with E-state index in [1.807, 2.05) is 7.05 Å². The Morgan fingerprint density at radius 2 is 2.07 bits per heavy atom. The van der Waals surface area contributed by atoms with E-state index < -0.39 is 0 Å². The van der Waals surface area contributed by atoms with Crippen molar-refractivity contribution in [3.05, 3.63) is 18.1 Å². The van der Waals surface area contributed by atoms with E-state index in [1.54, 1.807) is 12.3 Å². The standard InChI is InChI=1S/C10H18N4/c1-10(2,3)14(4)7-9-12-6-5-8(11)13-9/h5-6H,7H2,1-4H3,(H2,11,12,13). The number of anilines is 1. The van der Waals surface area contributed by atoms with Gasteiger partial charge in [0.25, 0.3) is 0 Å². The summed E-state index contributed by atoms with van der Waals surface area (Å²) >= 11 is 0. The normalized spacial score (nSPS) is 12.1. The van der Waals surface area contributed by atoms with Crippen LogP contribution in [0.4, 0.5) is 5.82 Å². The molecule has 0 aliphatic rings. The van der Waals surface area contributed by atoms with Gasteiger partial charge in [-0.1, -0.05) is 0 Å². The highest BCUT2D eigenvalue weighted by Crippen LogP contribution is 2.12. The van der Waals surface area contributed by atoms with Crippen molar-refractivity contribution in [2.45, 2.75) is 32.9 Å². The van der Waals surface area contributed by atoms with E-state index >= 15 is 0 Å². The second-order valence-electron chi connectivity index (χ2n) is 4.42. The monoisotopic (exact) mass is 194 g/mol. The summed E-state index contributed by atoms with van der Waals surface area (Å²) in [4.78, 5) is 10.5. The molecule has 0 radical (unpaired) electrons. The van der Waals surface area contributed by atoms with Gasteiger partial charge in [-0.3, -0.25) is 4.90 Å². The van der Waals surface area contributed by atoms with Gasteiger partial charge in [-0.15, -0.1) is 0 Å². The molecule has 0 bridgehead atoms. The number of rotatable bonds is 2. The molecule has 2 N–H and O–H groups in total. The Hall–Kier alpha value is -1.16. The van der Waals surface area contributed by atoms with Gasteiger partial charge in [0.2, 0.25) is 0 Å². The summed E-state index contributed by atoms with van der Waals surface area (Å²) in [5, 5.41) is 0. The van der Waals surface area contributed by atoms with Gasteiger partial charge in [0, 0.05) is 11.7 Å². The van der Waals surface area contributed by atoms with Crippen LogP contribution in [0.25, 0.3) is 0 Å². The van der Waals surface area contributed by atoms with Crippen molar-refractivity contribution < 1.29 is 0 Å². The zero-order chi connectivity index (χ0) is 10.8. The zero-order valence-corrected chi connectivity index (χ0v) is 9.28. The predicted octanol–water partition coefficient (Wildman–Crippen LogP) is 1.29. The van der Waals surface area contributed by atoms with Gasteiger partial charge in [-0.25, -0.2) is 9.97 Å². The molecule has 0 amide bonds. The molecule has 78 valence electrons. The predicted molar refractivity (Wildman–Crippen MR) is 57.7 cm³/mol. The maximum atomic E-state index is 5.57. The van der Waals surface area contributed by atoms with Crippen LogP contribution in [-0.2, 0) is 6.54 Å². The summed E-state index contributed by atoms with van der Waals surface area (Å²) in [7, 11) is 2.05. The van der Waals surface area contributed by atoms with Crippen molar-refractivity contribution in [3.63, 3.8) is 0 Å². The molecule has 1 heterocycles. The lowest BCUT2D eigenvalue weighted by Crippen LogP contribution is -2.37. The van der Waals surface area contributed by atoms with Crippen LogP contribution in [0.2, 0.25) is 0 Å². The lowest BCUT2D eigenvalue weighted by molar-refractivity contribution is 0.163. The Morgan fingerprint density at radius 1 is 1.43 bits per heavy atom. The van der Waals surface area contributed by atoms with Crippen LogP contribution in [-0.4, -0.2) is 27.5 Å². The number of nitrogen functional groups attached to an aromatic ring is 1. The maximum Gasteiger partial charge on any atom is 0.144 e. The van der Waals surface area contributed by atoms with Crippen molar-refractivity contribution in [3.8, 4) is 0 Å². The number of nitrogens with zero attached hydrogens (tertiary/aromatic N) is 3. The van der Waals surface area contributed by atoms with Crippen molar-refractivity contribution in [1.82, 2.24) is 14.9 Å². The summed E-state index contributed by atoms with van der Waals surface area (Å²) < 4.78 is 0. The number of hydrogen-bond acceptors (Lipinski definition) is 4. The first-order valence-corrected chi connectivity index (χ1v) is 4.68. The molecule has 1 aromatic rings. The Morgan fingerprint density at radius 3 is 2.57 bits per heavy atom. The van der Waals surface area contributed by atoms with E-state index in [9.17, 15) is 0 Å². The van der Waals surface area contributed by atoms with E-state index in [1.165, 1.54) is 0 Å². The molecule has 0 saturated carbocycles. The van der Waals surface area contributed by atoms with Crippen molar-refractivity contribution in [2.24, 2.45) is 0 Å². The molecular weight excluding hydrogens is 176 g/mol. The molecule has 4 heteroatoms. The topological polar surface area (TPSA) is 55.0 Å². The smallest absolute Gasteiger partial charge is 0.144 e. The Bertz CT molecular complexity index is 303. The third-order valence-corrected chi connectivity index (χ3v) is 2.25. The van der Waals surface area contributed by atoms with Crippen LogP contribution in [0.3, 0.4) is 0 Å². The largest absolute Gasteiger partial charge is 0.384 e. The summed E-state index contributed by atoms with van der Waals surface area (Å²) in [5.41, 5.74) is 5.69. The first-order valence-electron chi connectivity index (χ1n) is 4.68. The zero-order valence-electron chi connectivity index (χ0n) is 9.28. The number of hydrogen-bond donors (Lipinski definition) is 1.